The third-order valence-electron chi connectivity index (χ3n) is 15.1. The molecular formula is C72H49NS. The average Bonchev–Trinajstić information content (AvgIpc) is 4.13. The van der Waals surface area contributed by atoms with Crippen molar-refractivity contribution in [3.8, 4) is 44.5 Å². The van der Waals surface area contributed by atoms with Crippen molar-refractivity contribution >= 4 is 72.9 Å². The Balaban J connectivity index is 0.896. The van der Waals surface area contributed by atoms with Crippen LogP contribution in [0.5, 0.6) is 0 Å². The molecule has 0 aliphatic heterocycles. The van der Waals surface area contributed by atoms with Crippen LogP contribution < -0.4 is 4.90 Å². The first-order valence-corrected chi connectivity index (χ1v) is 27.1. The number of hydrogen-bond acceptors (Lipinski definition) is 1. The molecule has 12 aromatic rings. The molecule has 14 rings (SSSR count). The standard InChI is InChI=1S/C72H49NS/c1-6-16-52(17-7-1)67-44-34-54-26-28-56-46-58(48-69(67)71(54)56)50-30-36-60(37-31-50)73(61-38-32-51(33-39-61)59-47-57-29-27-55-35-45-68(70(49-59)72(55)57)53-18-8-2-9-19-53)62-40-42-66(43-41-62)74(63-20-10-3-11-21-63,64-22-12-4-13-23-64)65-24-14-5-15-25-65/h1-49H. The fraction of sp³-hybridized carbons (Fsp3) is 0. The largest absolute Gasteiger partial charge is 0.311 e. The van der Waals surface area contributed by atoms with Crippen LogP contribution in [0, 0.1) is 0 Å². The van der Waals surface area contributed by atoms with Gasteiger partial charge in [-0.2, -0.15) is 0 Å². The normalized spacial score (nSPS) is 12.4. The number of nitrogens with zero attached hydrogens (tertiary/aromatic N) is 1. The SMILES string of the molecule is C1=Cc2cc(-c3ccc(N(c4ccc(-c5cc6c7c(ccc(-c8ccccc8)c7c5)C=C6)cc4)c4ccc(S(c5ccccc5)(c5ccccc5)c5ccccc5)cc4)cc3)cc3c(-c4ccccc4)ccc1c23. The lowest BCUT2D eigenvalue weighted by Crippen LogP contribution is -2.10. The molecule has 1 nitrogen and oxygen atoms in total. The van der Waals surface area contributed by atoms with Gasteiger partial charge in [-0.1, -0.05) is 188 Å². The van der Waals surface area contributed by atoms with Crippen LogP contribution in [0.25, 0.3) is 90.4 Å². The fourth-order valence-electron chi connectivity index (χ4n) is 11.6. The van der Waals surface area contributed by atoms with Crippen molar-refractivity contribution in [2.75, 3.05) is 4.90 Å². The summed E-state index contributed by atoms with van der Waals surface area (Å²) in [7, 11) is -1.86. The third-order valence-corrected chi connectivity index (χ3v) is 19.0. The van der Waals surface area contributed by atoms with Crippen LogP contribution in [0.3, 0.4) is 0 Å². The Morgan fingerprint density at radius 2 is 0.554 bits per heavy atom. The van der Waals surface area contributed by atoms with Crippen molar-refractivity contribution < 1.29 is 0 Å². The van der Waals surface area contributed by atoms with E-state index in [0.29, 0.717) is 0 Å². The number of anilines is 3. The van der Waals surface area contributed by atoms with Crippen molar-refractivity contribution in [2.45, 2.75) is 19.6 Å². The van der Waals surface area contributed by atoms with Gasteiger partial charge in [-0.05, 0) is 198 Å². The van der Waals surface area contributed by atoms with E-state index in [9.17, 15) is 0 Å². The number of benzene rings is 12. The molecule has 0 spiro atoms. The number of rotatable bonds is 11. The van der Waals surface area contributed by atoms with Gasteiger partial charge in [-0.25, -0.2) is 0 Å². The molecule has 0 fully saturated rings. The second-order valence-electron chi connectivity index (χ2n) is 19.3. The maximum absolute atomic E-state index is 2.41. The van der Waals surface area contributed by atoms with Gasteiger partial charge in [-0.3, -0.25) is 0 Å². The quantitative estimate of drug-likeness (QED) is 0.125. The summed E-state index contributed by atoms with van der Waals surface area (Å²) < 4.78 is 0. The average molecular weight is 960 g/mol. The summed E-state index contributed by atoms with van der Waals surface area (Å²) in [6.45, 7) is 0. The van der Waals surface area contributed by atoms with E-state index in [1.165, 1.54) is 108 Å². The van der Waals surface area contributed by atoms with Crippen molar-refractivity contribution in [2.24, 2.45) is 0 Å². The molecule has 74 heavy (non-hydrogen) atoms. The molecule has 0 saturated heterocycles. The first-order chi connectivity index (χ1) is 36.7. The summed E-state index contributed by atoms with van der Waals surface area (Å²) in [4.78, 5) is 7.60. The van der Waals surface area contributed by atoms with Crippen LogP contribution in [0.2, 0.25) is 0 Å². The molecule has 0 atom stereocenters. The molecule has 2 aliphatic carbocycles. The van der Waals surface area contributed by atoms with E-state index in [0.717, 1.165) is 17.1 Å². The summed E-state index contributed by atoms with van der Waals surface area (Å²) >= 11 is 0. The Morgan fingerprint density at radius 1 is 0.230 bits per heavy atom. The first-order valence-electron chi connectivity index (χ1n) is 25.5. The summed E-state index contributed by atoms with van der Waals surface area (Å²) in [6.07, 6.45) is 9.04. The predicted molar refractivity (Wildman–Crippen MR) is 316 cm³/mol. The zero-order valence-corrected chi connectivity index (χ0v) is 41.5. The van der Waals surface area contributed by atoms with Gasteiger partial charge in [-0.15, -0.1) is 10.0 Å². The molecule has 0 bridgehead atoms. The highest BCUT2D eigenvalue weighted by molar-refractivity contribution is 8.34. The highest BCUT2D eigenvalue weighted by Gasteiger charge is 2.33. The second-order valence-corrected chi connectivity index (χ2v) is 22.4. The maximum atomic E-state index is 2.41. The summed E-state index contributed by atoms with van der Waals surface area (Å²) in [6, 6.07) is 101. The van der Waals surface area contributed by atoms with Gasteiger partial charge in [0.2, 0.25) is 0 Å². The minimum absolute atomic E-state index is 1.09. The zero-order chi connectivity index (χ0) is 49.0. The summed E-state index contributed by atoms with van der Waals surface area (Å²) in [5.41, 5.74) is 18.1. The van der Waals surface area contributed by atoms with E-state index in [4.69, 9.17) is 0 Å². The Morgan fingerprint density at radius 3 is 0.932 bits per heavy atom. The third kappa shape index (κ3) is 7.33. The highest BCUT2D eigenvalue weighted by atomic mass is 32.3. The van der Waals surface area contributed by atoms with Gasteiger partial charge in [0, 0.05) is 36.6 Å². The van der Waals surface area contributed by atoms with E-state index in [2.05, 4.69) is 302 Å². The van der Waals surface area contributed by atoms with Gasteiger partial charge in [0.25, 0.3) is 0 Å². The molecule has 0 unspecified atom stereocenters. The van der Waals surface area contributed by atoms with Crippen LogP contribution in [-0.4, -0.2) is 0 Å². The smallest absolute Gasteiger partial charge is 0.0462 e. The van der Waals surface area contributed by atoms with Gasteiger partial charge < -0.3 is 4.90 Å². The molecule has 12 aromatic carbocycles. The lowest BCUT2D eigenvalue weighted by molar-refractivity contribution is 1.22. The molecule has 0 aromatic heterocycles. The Kier molecular flexibility index (Phi) is 10.7. The van der Waals surface area contributed by atoms with E-state index in [1.54, 1.807) is 0 Å². The molecule has 0 radical (unpaired) electrons. The fourth-order valence-corrected chi connectivity index (χ4v) is 15.5. The van der Waals surface area contributed by atoms with Gasteiger partial charge in [0.05, 0.1) is 0 Å². The van der Waals surface area contributed by atoms with E-state index >= 15 is 0 Å². The van der Waals surface area contributed by atoms with Gasteiger partial charge >= 0.3 is 0 Å². The van der Waals surface area contributed by atoms with E-state index in [-0.39, 0.29) is 0 Å². The topological polar surface area (TPSA) is 3.24 Å². The van der Waals surface area contributed by atoms with E-state index < -0.39 is 10.0 Å². The minimum atomic E-state index is -1.86. The lowest BCUT2D eigenvalue weighted by Gasteiger charge is -2.42. The molecule has 0 saturated carbocycles. The predicted octanol–water partition coefficient (Wildman–Crippen LogP) is 20.4. The Hall–Kier alpha value is -9.21. The van der Waals surface area contributed by atoms with Crippen LogP contribution in [0.1, 0.15) is 22.3 Å². The van der Waals surface area contributed by atoms with Crippen molar-refractivity contribution in [1.29, 1.82) is 0 Å². The van der Waals surface area contributed by atoms with Crippen LogP contribution >= 0.6 is 10.0 Å². The minimum Gasteiger partial charge on any atom is -0.311 e. The van der Waals surface area contributed by atoms with Crippen molar-refractivity contribution in [3.05, 3.63) is 295 Å². The van der Waals surface area contributed by atoms with Crippen LogP contribution in [0.4, 0.5) is 17.1 Å². The maximum Gasteiger partial charge on any atom is 0.0462 e. The van der Waals surface area contributed by atoms with Crippen LogP contribution in [-0.2, 0) is 0 Å². The van der Waals surface area contributed by atoms with Crippen LogP contribution in [0.15, 0.2) is 293 Å². The monoisotopic (exact) mass is 959 g/mol. The van der Waals surface area contributed by atoms with Gasteiger partial charge in [0.15, 0.2) is 0 Å². The Bertz CT molecular complexity index is 3820. The van der Waals surface area contributed by atoms with Crippen molar-refractivity contribution in [3.63, 3.8) is 0 Å². The molecule has 2 heteroatoms. The molecule has 2 aliphatic rings. The van der Waals surface area contributed by atoms with Crippen molar-refractivity contribution in [1.82, 2.24) is 0 Å². The number of hydrogen-bond donors (Lipinski definition) is 0. The summed E-state index contributed by atoms with van der Waals surface area (Å²) in [5, 5.41) is 5.22. The molecule has 348 valence electrons. The molecule has 0 amide bonds. The van der Waals surface area contributed by atoms with Gasteiger partial charge in [0.1, 0.15) is 0 Å². The Labute approximate surface area is 434 Å². The summed E-state index contributed by atoms with van der Waals surface area (Å²) in [5.74, 6) is 0. The van der Waals surface area contributed by atoms with E-state index in [1.807, 2.05) is 0 Å². The zero-order valence-electron chi connectivity index (χ0n) is 40.6. The highest BCUT2D eigenvalue weighted by Crippen LogP contribution is 2.73. The first kappa shape index (κ1) is 43.6. The lowest BCUT2D eigenvalue weighted by atomic mass is 9.91. The second kappa shape index (κ2) is 18.1. The molecular weight excluding hydrogens is 911 g/mol. The molecule has 0 N–H and O–H groups in total. The molecule has 0 heterocycles.